The first-order valence-electron chi connectivity index (χ1n) is 8.03. The summed E-state index contributed by atoms with van der Waals surface area (Å²) in [4.78, 5) is 12.2. The maximum atomic E-state index is 12.2. The number of carbonyl (C=O) groups excluding carboxylic acids is 1. The Bertz CT molecular complexity index is 665. The fraction of sp³-hybridized carbons (Fsp3) is 0.471. The summed E-state index contributed by atoms with van der Waals surface area (Å²) in [6, 6.07) is 7.88. The van der Waals surface area contributed by atoms with E-state index in [-0.39, 0.29) is 11.8 Å². The Kier molecular flexibility index (Phi) is 5.23. The maximum Gasteiger partial charge on any atom is 0.229 e. The first-order chi connectivity index (χ1) is 11.2. The van der Waals surface area contributed by atoms with E-state index in [1.165, 1.54) is 17.8 Å². The highest BCUT2D eigenvalue weighted by molar-refractivity contribution is 7.15. The van der Waals surface area contributed by atoms with Crippen molar-refractivity contribution in [3.8, 4) is 5.75 Å². The average molecular weight is 331 g/mol. The van der Waals surface area contributed by atoms with Crippen LogP contribution in [0.25, 0.3) is 0 Å². The van der Waals surface area contributed by atoms with Crippen molar-refractivity contribution >= 4 is 22.4 Å². The number of anilines is 1. The van der Waals surface area contributed by atoms with Crippen LogP contribution in [0.4, 0.5) is 5.13 Å². The summed E-state index contributed by atoms with van der Waals surface area (Å²) in [5.41, 5.74) is 1.15. The molecule has 0 atom stereocenters. The average Bonchev–Trinajstić information content (AvgIpc) is 3.01. The van der Waals surface area contributed by atoms with E-state index in [2.05, 4.69) is 15.5 Å². The van der Waals surface area contributed by atoms with E-state index in [1.54, 1.807) is 0 Å². The molecule has 0 aliphatic heterocycles. The van der Waals surface area contributed by atoms with Crippen molar-refractivity contribution in [2.75, 3.05) is 5.32 Å². The quantitative estimate of drug-likeness (QED) is 0.901. The lowest BCUT2D eigenvalue weighted by Gasteiger charge is -2.19. The Morgan fingerprint density at radius 1 is 1.30 bits per heavy atom. The highest BCUT2D eigenvalue weighted by Gasteiger charge is 2.22. The molecule has 0 saturated heterocycles. The zero-order chi connectivity index (χ0) is 16.1. The van der Waals surface area contributed by atoms with Gasteiger partial charge in [0.2, 0.25) is 11.0 Å². The van der Waals surface area contributed by atoms with Crippen LogP contribution in [-0.4, -0.2) is 16.1 Å². The second-order valence-electron chi connectivity index (χ2n) is 5.93. The van der Waals surface area contributed by atoms with Gasteiger partial charge in [0, 0.05) is 5.92 Å². The first-order valence-corrected chi connectivity index (χ1v) is 8.85. The van der Waals surface area contributed by atoms with E-state index in [1.807, 2.05) is 31.2 Å². The minimum absolute atomic E-state index is 0.0759. The van der Waals surface area contributed by atoms with Crippen molar-refractivity contribution in [3.05, 3.63) is 34.8 Å². The van der Waals surface area contributed by atoms with E-state index in [9.17, 15) is 4.79 Å². The number of amides is 1. The van der Waals surface area contributed by atoms with Gasteiger partial charge >= 0.3 is 0 Å². The number of aryl methyl sites for hydroxylation is 1. The van der Waals surface area contributed by atoms with Gasteiger partial charge in [0.25, 0.3) is 0 Å². The Hall–Kier alpha value is -1.95. The molecular weight excluding hydrogens is 310 g/mol. The number of hydrogen-bond donors (Lipinski definition) is 1. The van der Waals surface area contributed by atoms with Crippen LogP contribution in [0, 0.1) is 12.8 Å². The maximum absolute atomic E-state index is 12.2. The molecule has 1 N–H and O–H groups in total. The molecule has 122 valence electrons. The predicted octanol–water partition coefficient (Wildman–Crippen LogP) is 3.94. The molecule has 1 amide bonds. The number of nitrogens with one attached hydrogen (secondary N) is 1. The normalized spacial score (nSPS) is 15.3. The molecule has 0 unspecified atom stereocenters. The summed E-state index contributed by atoms with van der Waals surface area (Å²) >= 11 is 1.37. The Labute approximate surface area is 140 Å². The molecule has 1 aliphatic rings. The molecule has 1 heterocycles. The zero-order valence-electron chi connectivity index (χ0n) is 13.2. The van der Waals surface area contributed by atoms with Gasteiger partial charge in [0.05, 0.1) is 0 Å². The molecule has 0 radical (unpaired) electrons. The molecule has 2 aromatic rings. The lowest BCUT2D eigenvalue weighted by atomic mass is 9.89. The molecule has 6 heteroatoms. The van der Waals surface area contributed by atoms with Crippen LogP contribution in [0.1, 0.15) is 42.7 Å². The Morgan fingerprint density at radius 3 is 2.91 bits per heavy atom. The van der Waals surface area contributed by atoms with E-state index < -0.39 is 0 Å². The number of nitrogens with zero attached hydrogens (tertiary/aromatic N) is 2. The monoisotopic (exact) mass is 331 g/mol. The molecule has 23 heavy (non-hydrogen) atoms. The largest absolute Gasteiger partial charge is 0.486 e. The molecule has 1 saturated carbocycles. The van der Waals surface area contributed by atoms with Crippen LogP contribution in [-0.2, 0) is 11.4 Å². The van der Waals surface area contributed by atoms with Gasteiger partial charge in [0.1, 0.15) is 12.4 Å². The van der Waals surface area contributed by atoms with Crippen LogP contribution in [0.5, 0.6) is 5.75 Å². The molecule has 5 nitrogen and oxygen atoms in total. The number of carbonyl (C=O) groups is 1. The molecule has 1 fully saturated rings. The van der Waals surface area contributed by atoms with Gasteiger partial charge in [-0.2, -0.15) is 0 Å². The summed E-state index contributed by atoms with van der Waals surface area (Å²) in [6.07, 6.45) is 5.48. The molecular formula is C17H21N3O2S. The minimum Gasteiger partial charge on any atom is -0.486 e. The second-order valence-corrected chi connectivity index (χ2v) is 6.99. The summed E-state index contributed by atoms with van der Waals surface area (Å²) < 4.78 is 5.70. The Morgan fingerprint density at radius 2 is 2.13 bits per heavy atom. The van der Waals surface area contributed by atoms with Gasteiger partial charge in [-0.05, 0) is 37.5 Å². The van der Waals surface area contributed by atoms with E-state index in [4.69, 9.17) is 4.74 Å². The van der Waals surface area contributed by atoms with Gasteiger partial charge < -0.3 is 10.1 Å². The lowest BCUT2D eigenvalue weighted by molar-refractivity contribution is -0.120. The van der Waals surface area contributed by atoms with Crippen LogP contribution < -0.4 is 10.1 Å². The van der Waals surface area contributed by atoms with Gasteiger partial charge in [-0.25, -0.2) is 0 Å². The number of aromatic nitrogens is 2. The third-order valence-corrected chi connectivity index (χ3v) is 4.84. The number of benzene rings is 1. The van der Waals surface area contributed by atoms with Gasteiger partial charge in [-0.1, -0.05) is 42.7 Å². The van der Waals surface area contributed by atoms with Gasteiger partial charge in [-0.15, -0.1) is 10.2 Å². The Balaban J connectivity index is 1.52. The molecule has 0 bridgehead atoms. The standard InChI is InChI=1S/C17H21N3O2S/c1-12-6-5-9-14(10-12)22-11-15-19-20-17(23-15)18-16(21)13-7-3-2-4-8-13/h5-6,9-10,13H,2-4,7-8,11H2,1H3,(H,18,20,21). The van der Waals surface area contributed by atoms with Gasteiger partial charge in [0.15, 0.2) is 5.01 Å². The number of hydrogen-bond acceptors (Lipinski definition) is 5. The lowest BCUT2D eigenvalue weighted by Crippen LogP contribution is -2.24. The highest BCUT2D eigenvalue weighted by Crippen LogP contribution is 2.26. The summed E-state index contributed by atoms with van der Waals surface area (Å²) in [5.74, 6) is 1.01. The third-order valence-electron chi connectivity index (χ3n) is 4.02. The van der Waals surface area contributed by atoms with Crippen LogP contribution in [0.15, 0.2) is 24.3 Å². The van der Waals surface area contributed by atoms with Crippen molar-refractivity contribution in [2.24, 2.45) is 5.92 Å². The van der Waals surface area contributed by atoms with Crippen LogP contribution >= 0.6 is 11.3 Å². The molecule has 1 aliphatic carbocycles. The molecule has 3 rings (SSSR count). The van der Waals surface area contributed by atoms with Crippen molar-refractivity contribution in [1.29, 1.82) is 0 Å². The van der Waals surface area contributed by atoms with Crippen LogP contribution in [0.2, 0.25) is 0 Å². The fourth-order valence-electron chi connectivity index (χ4n) is 2.78. The minimum atomic E-state index is 0.0759. The highest BCUT2D eigenvalue weighted by atomic mass is 32.1. The second kappa shape index (κ2) is 7.55. The van der Waals surface area contributed by atoms with Crippen molar-refractivity contribution in [2.45, 2.75) is 45.6 Å². The molecule has 1 aromatic heterocycles. The van der Waals surface area contributed by atoms with E-state index in [0.717, 1.165) is 42.0 Å². The van der Waals surface area contributed by atoms with E-state index in [0.29, 0.717) is 11.7 Å². The molecule has 0 spiro atoms. The van der Waals surface area contributed by atoms with Crippen molar-refractivity contribution < 1.29 is 9.53 Å². The number of rotatable bonds is 5. The number of ether oxygens (including phenoxy) is 1. The summed E-state index contributed by atoms with van der Waals surface area (Å²) in [6.45, 7) is 2.39. The van der Waals surface area contributed by atoms with E-state index >= 15 is 0 Å². The van der Waals surface area contributed by atoms with Crippen LogP contribution in [0.3, 0.4) is 0 Å². The third kappa shape index (κ3) is 4.51. The van der Waals surface area contributed by atoms with Gasteiger partial charge in [-0.3, -0.25) is 4.79 Å². The predicted molar refractivity (Wildman–Crippen MR) is 90.6 cm³/mol. The zero-order valence-corrected chi connectivity index (χ0v) is 14.1. The molecule has 1 aromatic carbocycles. The fourth-order valence-corrected chi connectivity index (χ4v) is 3.44. The van der Waals surface area contributed by atoms with Crippen molar-refractivity contribution in [3.63, 3.8) is 0 Å². The first kappa shape index (κ1) is 15.9. The smallest absolute Gasteiger partial charge is 0.229 e. The topological polar surface area (TPSA) is 64.1 Å². The SMILES string of the molecule is Cc1cccc(OCc2nnc(NC(=O)C3CCCCC3)s2)c1. The summed E-state index contributed by atoms with van der Waals surface area (Å²) in [5, 5.41) is 12.3. The van der Waals surface area contributed by atoms with Crippen molar-refractivity contribution in [1.82, 2.24) is 10.2 Å². The summed E-state index contributed by atoms with van der Waals surface area (Å²) in [7, 11) is 0.